The molecule has 2 aliphatic carbocycles. The van der Waals surface area contributed by atoms with E-state index in [1.54, 1.807) is 17.9 Å². The van der Waals surface area contributed by atoms with E-state index in [4.69, 9.17) is 11.6 Å². The number of hydrogen-bond donors (Lipinski definition) is 3. The number of aromatic amines is 1. The molecule has 186 valence electrons. The summed E-state index contributed by atoms with van der Waals surface area (Å²) in [7, 11) is 0. The Labute approximate surface area is 209 Å². The molecule has 2 saturated carbocycles. The van der Waals surface area contributed by atoms with Crippen molar-refractivity contribution in [1.29, 1.82) is 0 Å². The highest BCUT2D eigenvalue weighted by Crippen LogP contribution is 2.65. The van der Waals surface area contributed by atoms with Crippen molar-refractivity contribution in [1.82, 2.24) is 20.5 Å². The minimum Gasteiger partial charge on any atom is -0.351 e. The lowest BCUT2D eigenvalue weighted by molar-refractivity contribution is -0.142. The molecule has 5 atom stereocenters. The average molecular weight is 499 g/mol. The number of hydrogen-bond acceptors (Lipinski definition) is 4. The van der Waals surface area contributed by atoms with Gasteiger partial charge in [-0.3, -0.25) is 19.2 Å². The van der Waals surface area contributed by atoms with Crippen LogP contribution in [0, 0.1) is 23.2 Å². The van der Waals surface area contributed by atoms with Gasteiger partial charge in [0.15, 0.2) is 5.78 Å². The van der Waals surface area contributed by atoms with E-state index in [0.717, 1.165) is 23.7 Å². The molecule has 9 heteroatoms. The second-order valence-electron chi connectivity index (χ2n) is 10.8. The molecule has 0 bridgehead atoms. The number of fused-ring (bicyclic) bond motifs is 2. The fourth-order valence-corrected chi connectivity index (χ4v) is 5.94. The Morgan fingerprint density at radius 3 is 2.54 bits per heavy atom. The predicted molar refractivity (Wildman–Crippen MR) is 132 cm³/mol. The first kappa shape index (κ1) is 23.9. The number of alkyl halides is 1. The minimum atomic E-state index is -0.723. The van der Waals surface area contributed by atoms with Gasteiger partial charge in [0.05, 0.1) is 11.9 Å². The number of H-pyrrole nitrogens is 1. The number of likely N-dealkylation sites (tertiary alicyclic amines) is 1. The lowest BCUT2D eigenvalue weighted by atomic mass is 9.98. The summed E-state index contributed by atoms with van der Waals surface area (Å²) in [6.45, 7) is 6.28. The van der Waals surface area contributed by atoms with E-state index in [-0.39, 0.29) is 52.6 Å². The number of rotatable bonds is 8. The van der Waals surface area contributed by atoms with Crippen LogP contribution in [-0.2, 0) is 14.4 Å². The Hall–Kier alpha value is -2.87. The third-order valence-corrected chi connectivity index (χ3v) is 8.42. The van der Waals surface area contributed by atoms with E-state index in [0.29, 0.717) is 12.2 Å². The van der Waals surface area contributed by atoms with Crippen molar-refractivity contribution < 1.29 is 19.2 Å². The number of aromatic nitrogens is 1. The van der Waals surface area contributed by atoms with Gasteiger partial charge in [-0.15, -0.1) is 11.6 Å². The number of Topliss-reactive ketones (excluding diaryl/α,β-unsaturated/α-hetero) is 1. The number of nitrogens with zero attached hydrogens (tertiary/aromatic N) is 1. The zero-order chi connectivity index (χ0) is 25.1. The first-order valence-electron chi connectivity index (χ1n) is 12.2. The first-order chi connectivity index (χ1) is 16.6. The van der Waals surface area contributed by atoms with Crippen LogP contribution in [0.1, 0.15) is 44.1 Å². The van der Waals surface area contributed by atoms with Crippen LogP contribution in [0.4, 0.5) is 0 Å². The number of carbonyl (C=O) groups is 4. The third kappa shape index (κ3) is 4.22. The number of ketones is 1. The standard InChI is InChI=1S/C26H31ClN4O4/c1-13(19(32)11-27)28-24(34)22-20-16(26(20,2)3)12-31(22)25(35)21(14-8-9-14)30-23(33)18-10-15-6-4-5-7-17(15)29-18/h4-7,10,13-14,16,20-22,29H,8-9,11-12H2,1-3H3,(H,28,34)(H,30,33)/t13-,16-,20-,21?,22-/m0/s1. The lowest BCUT2D eigenvalue weighted by Gasteiger charge is -2.33. The summed E-state index contributed by atoms with van der Waals surface area (Å²) < 4.78 is 0. The van der Waals surface area contributed by atoms with Crippen molar-refractivity contribution >= 4 is 46.0 Å². The van der Waals surface area contributed by atoms with Gasteiger partial charge in [0.1, 0.15) is 17.8 Å². The number of piperidine rings is 1. The van der Waals surface area contributed by atoms with Crippen LogP contribution in [-0.4, -0.2) is 63.9 Å². The number of carbonyl (C=O) groups excluding carboxylic acids is 4. The summed E-state index contributed by atoms with van der Waals surface area (Å²) in [5, 5.41) is 6.63. The molecule has 1 unspecified atom stereocenters. The molecule has 1 aromatic carbocycles. The van der Waals surface area contributed by atoms with E-state index < -0.39 is 18.1 Å². The highest BCUT2D eigenvalue weighted by molar-refractivity contribution is 6.28. The number of amides is 3. The van der Waals surface area contributed by atoms with Gasteiger partial charge in [0, 0.05) is 17.4 Å². The van der Waals surface area contributed by atoms with Crippen LogP contribution in [0.3, 0.4) is 0 Å². The highest BCUT2D eigenvalue weighted by atomic mass is 35.5. The molecule has 1 aromatic heterocycles. The van der Waals surface area contributed by atoms with Crippen LogP contribution in [0.15, 0.2) is 30.3 Å². The number of benzene rings is 1. The Morgan fingerprint density at radius 1 is 1.17 bits per heavy atom. The van der Waals surface area contributed by atoms with Gasteiger partial charge in [-0.05, 0) is 55.1 Å². The van der Waals surface area contributed by atoms with Crippen LogP contribution in [0.2, 0.25) is 0 Å². The quantitative estimate of drug-likeness (QED) is 0.485. The Balaban J connectivity index is 1.34. The second kappa shape index (κ2) is 8.66. The molecule has 5 rings (SSSR count). The van der Waals surface area contributed by atoms with Gasteiger partial charge in [-0.1, -0.05) is 32.0 Å². The monoisotopic (exact) mass is 498 g/mol. The van der Waals surface area contributed by atoms with E-state index >= 15 is 0 Å². The molecule has 8 nitrogen and oxygen atoms in total. The van der Waals surface area contributed by atoms with Gasteiger partial charge >= 0.3 is 0 Å². The molecule has 3 fully saturated rings. The van der Waals surface area contributed by atoms with Crippen molar-refractivity contribution in [3.05, 3.63) is 36.0 Å². The largest absolute Gasteiger partial charge is 0.351 e. The summed E-state index contributed by atoms with van der Waals surface area (Å²) in [6, 6.07) is 7.31. The minimum absolute atomic E-state index is 0.0222. The smallest absolute Gasteiger partial charge is 0.268 e. The van der Waals surface area contributed by atoms with Crippen LogP contribution in [0.5, 0.6) is 0 Å². The first-order valence-corrected chi connectivity index (χ1v) is 12.7. The van der Waals surface area contributed by atoms with Gasteiger partial charge in [0.2, 0.25) is 11.8 Å². The molecule has 2 heterocycles. The van der Waals surface area contributed by atoms with Crippen molar-refractivity contribution in [2.75, 3.05) is 12.4 Å². The van der Waals surface area contributed by atoms with Gasteiger partial charge in [0.25, 0.3) is 5.91 Å². The SMILES string of the molecule is C[C@H](NC(=O)[C@@H]1[C@@H]2[C@H](CN1C(=O)C(NC(=O)c1cc3ccccc3[nH]1)C1CC1)C2(C)C)C(=O)CCl. The highest BCUT2D eigenvalue weighted by Gasteiger charge is 2.69. The summed E-state index contributed by atoms with van der Waals surface area (Å²) in [5.41, 5.74) is 1.20. The summed E-state index contributed by atoms with van der Waals surface area (Å²) in [4.78, 5) is 56.8. The van der Waals surface area contributed by atoms with E-state index in [1.807, 2.05) is 24.3 Å². The maximum atomic E-state index is 13.8. The molecule has 3 amide bonds. The van der Waals surface area contributed by atoms with Crippen molar-refractivity contribution in [3.63, 3.8) is 0 Å². The average Bonchev–Trinajstić information content (AvgIpc) is 3.61. The molecule has 0 radical (unpaired) electrons. The van der Waals surface area contributed by atoms with Crippen molar-refractivity contribution in [2.24, 2.45) is 23.2 Å². The topological polar surface area (TPSA) is 111 Å². The summed E-state index contributed by atoms with van der Waals surface area (Å²) in [6.07, 6.45) is 1.71. The molecule has 3 N–H and O–H groups in total. The van der Waals surface area contributed by atoms with Crippen molar-refractivity contribution in [2.45, 2.75) is 51.7 Å². The zero-order valence-electron chi connectivity index (χ0n) is 20.1. The normalized spacial score (nSPS) is 26.1. The molecule has 3 aliphatic rings. The number of para-hydroxylation sites is 1. The second-order valence-corrected chi connectivity index (χ2v) is 11.0. The number of halogens is 1. The Bertz CT molecular complexity index is 1170. The van der Waals surface area contributed by atoms with E-state index in [9.17, 15) is 19.2 Å². The summed E-state index contributed by atoms with van der Waals surface area (Å²) in [5.74, 6) is -1.06. The van der Waals surface area contributed by atoms with Crippen LogP contribution in [0.25, 0.3) is 10.9 Å². The third-order valence-electron chi connectivity index (χ3n) is 8.15. The fourth-order valence-electron chi connectivity index (χ4n) is 5.71. The molecular weight excluding hydrogens is 468 g/mol. The van der Waals surface area contributed by atoms with Crippen LogP contribution >= 0.6 is 11.6 Å². The Morgan fingerprint density at radius 2 is 1.89 bits per heavy atom. The molecule has 2 aromatic rings. The molecule has 1 aliphatic heterocycles. The Kier molecular flexibility index (Phi) is 5.90. The van der Waals surface area contributed by atoms with Crippen molar-refractivity contribution in [3.8, 4) is 0 Å². The van der Waals surface area contributed by atoms with E-state index in [2.05, 4.69) is 29.5 Å². The molecule has 1 saturated heterocycles. The number of nitrogens with one attached hydrogen (secondary N) is 3. The van der Waals surface area contributed by atoms with Crippen LogP contribution < -0.4 is 10.6 Å². The lowest BCUT2D eigenvalue weighted by Crippen LogP contribution is -2.57. The summed E-state index contributed by atoms with van der Waals surface area (Å²) >= 11 is 5.65. The van der Waals surface area contributed by atoms with Gasteiger partial charge in [-0.25, -0.2) is 0 Å². The molecular formula is C26H31ClN4O4. The van der Waals surface area contributed by atoms with E-state index in [1.165, 1.54) is 0 Å². The maximum absolute atomic E-state index is 13.8. The zero-order valence-corrected chi connectivity index (χ0v) is 20.9. The molecule has 0 spiro atoms. The molecule has 35 heavy (non-hydrogen) atoms. The van der Waals surface area contributed by atoms with Gasteiger partial charge < -0.3 is 20.5 Å². The maximum Gasteiger partial charge on any atom is 0.268 e. The van der Waals surface area contributed by atoms with Gasteiger partial charge in [-0.2, -0.15) is 0 Å². The fraction of sp³-hybridized carbons (Fsp3) is 0.538. The predicted octanol–water partition coefficient (Wildman–Crippen LogP) is 2.47.